The van der Waals surface area contributed by atoms with E-state index in [0.29, 0.717) is 48.9 Å². The Bertz CT molecular complexity index is 1010. The van der Waals surface area contributed by atoms with E-state index >= 15 is 0 Å². The van der Waals surface area contributed by atoms with Crippen LogP contribution in [-0.2, 0) is 11.2 Å². The van der Waals surface area contributed by atoms with Crippen molar-refractivity contribution >= 4 is 17.7 Å². The molecule has 0 saturated carbocycles. The van der Waals surface area contributed by atoms with Crippen molar-refractivity contribution in [2.75, 3.05) is 32.6 Å². The summed E-state index contributed by atoms with van der Waals surface area (Å²) >= 11 is 0. The van der Waals surface area contributed by atoms with Crippen molar-refractivity contribution in [1.29, 1.82) is 0 Å². The molecule has 0 aliphatic carbocycles. The van der Waals surface area contributed by atoms with Crippen LogP contribution in [0.2, 0.25) is 0 Å². The Morgan fingerprint density at radius 2 is 1.70 bits per heavy atom. The van der Waals surface area contributed by atoms with Gasteiger partial charge in [-0.15, -0.1) is 0 Å². The average molecular weight is 515 g/mol. The van der Waals surface area contributed by atoms with Crippen molar-refractivity contribution in [1.82, 2.24) is 4.90 Å². The maximum absolute atomic E-state index is 13.3. The van der Waals surface area contributed by atoms with Crippen LogP contribution in [0.15, 0.2) is 42.5 Å². The van der Waals surface area contributed by atoms with Crippen molar-refractivity contribution < 1.29 is 28.9 Å². The second-order valence-corrected chi connectivity index (χ2v) is 9.29. The van der Waals surface area contributed by atoms with E-state index in [1.807, 2.05) is 23.1 Å². The maximum atomic E-state index is 13.3. The Labute approximate surface area is 220 Å². The van der Waals surface area contributed by atoms with E-state index < -0.39 is 11.6 Å². The minimum Gasteiger partial charge on any atom is -0.497 e. The van der Waals surface area contributed by atoms with E-state index in [4.69, 9.17) is 14.2 Å². The molecule has 2 aromatic carbocycles. The second-order valence-electron chi connectivity index (χ2n) is 9.29. The molecular weight excluding hydrogens is 472 g/mol. The molecule has 37 heavy (non-hydrogen) atoms. The van der Waals surface area contributed by atoms with Gasteiger partial charge in [0.15, 0.2) is 0 Å². The van der Waals surface area contributed by atoms with Crippen molar-refractivity contribution in [3.05, 3.63) is 48.0 Å². The number of unbranched alkanes of at least 4 members (excludes halogenated alkanes) is 4. The minimum atomic E-state index is -1.29. The standard InChI is InChI=1S/C29H42N2O6/c1-6-8-9-10-11-18-31(28(34)30-25-16-15-23(35-4)21-26(25)36-5)19-17-22-13-12-14-24(20-22)37-29(3,7-2)27(32)33/h12-16,20-21H,6-11,17-19H2,1-5H3,(H,30,34)(H,32,33). The molecule has 2 aromatic rings. The largest absolute Gasteiger partial charge is 0.497 e. The van der Waals surface area contributed by atoms with Gasteiger partial charge in [-0.2, -0.15) is 0 Å². The molecule has 8 heteroatoms. The van der Waals surface area contributed by atoms with Gasteiger partial charge in [0.1, 0.15) is 17.2 Å². The summed E-state index contributed by atoms with van der Waals surface area (Å²) < 4.78 is 16.5. The fourth-order valence-electron chi connectivity index (χ4n) is 3.87. The zero-order valence-electron chi connectivity index (χ0n) is 22.8. The summed E-state index contributed by atoms with van der Waals surface area (Å²) in [6, 6.07) is 12.5. The van der Waals surface area contributed by atoms with E-state index in [2.05, 4.69) is 12.2 Å². The molecule has 0 bridgehead atoms. The number of carboxylic acids is 1. The van der Waals surface area contributed by atoms with Crippen LogP contribution in [-0.4, -0.2) is 54.9 Å². The predicted molar refractivity (Wildman–Crippen MR) is 146 cm³/mol. The van der Waals surface area contributed by atoms with Gasteiger partial charge in [-0.05, 0) is 56.0 Å². The molecule has 2 N–H and O–H groups in total. The van der Waals surface area contributed by atoms with Gasteiger partial charge >= 0.3 is 12.0 Å². The lowest BCUT2D eigenvalue weighted by molar-refractivity contribution is -0.154. The highest BCUT2D eigenvalue weighted by molar-refractivity contribution is 5.91. The third-order valence-corrected chi connectivity index (χ3v) is 6.51. The Balaban J connectivity index is 2.12. The first-order valence-corrected chi connectivity index (χ1v) is 13.1. The lowest BCUT2D eigenvalue weighted by Gasteiger charge is -2.26. The number of hydrogen-bond acceptors (Lipinski definition) is 5. The Morgan fingerprint density at radius 1 is 0.946 bits per heavy atom. The van der Waals surface area contributed by atoms with Crippen LogP contribution >= 0.6 is 0 Å². The molecule has 8 nitrogen and oxygen atoms in total. The van der Waals surface area contributed by atoms with Crippen molar-refractivity contribution in [3.63, 3.8) is 0 Å². The summed E-state index contributed by atoms with van der Waals surface area (Å²) in [5.41, 5.74) is 0.250. The fourth-order valence-corrected chi connectivity index (χ4v) is 3.87. The van der Waals surface area contributed by atoms with Gasteiger partial charge in [-0.25, -0.2) is 9.59 Å². The second kappa shape index (κ2) is 15.0. The molecule has 2 amide bonds. The van der Waals surface area contributed by atoms with Crippen LogP contribution < -0.4 is 19.5 Å². The Kier molecular flexibility index (Phi) is 12.1. The summed E-state index contributed by atoms with van der Waals surface area (Å²) in [4.78, 5) is 26.7. The topological polar surface area (TPSA) is 97.3 Å². The number of nitrogens with zero attached hydrogens (tertiary/aromatic N) is 1. The van der Waals surface area contributed by atoms with E-state index in [1.54, 1.807) is 52.3 Å². The quantitative estimate of drug-likeness (QED) is 0.252. The number of carbonyl (C=O) groups excluding carboxylic acids is 1. The fraction of sp³-hybridized carbons (Fsp3) is 0.517. The molecule has 1 unspecified atom stereocenters. The lowest BCUT2D eigenvalue weighted by Crippen LogP contribution is -2.40. The molecule has 0 radical (unpaired) electrons. The number of aliphatic carboxylic acids is 1. The lowest BCUT2D eigenvalue weighted by atomic mass is 10.0. The van der Waals surface area contributed by atoms with Crippen LogP contribution in [0.1, 0.15) is 64.9 Å². The molecule has 1 atom stereocenters. The Hall–Kier alpha value is -3.42. The monoisotopic (exact) mass is 514 g/mol. The number of urea groups is 1. The molecule has 0 spiro atoms. The smallest absolute Gasteiger partial charge is 0.347 e. The SMILES string of the molecule is CCCCCCCN(CCc1cccc(OC(C)(CC)C(=O)O)c1)C(=O)Nc1ccc(OC)cc1OC. The summed E-state index contributed by atoms with van der Waals surface area (Å²) in [7, 11) is 3.14. The van der Waals surface area contributed by atoms with Gasteiger partial charge in [0, 0.05) is 19.2 Å². The van der Waals surface area contributed by atoms with Crippen LogP contribution in [0.4, 0.5) is 10.5 Å². The summed E-state index contributed by atoms with van der Waals surface area (Å²) in [5.74, 6) is 0.674. The number of nitrogens with one attached hydrogen (secondary N) is 1. The van der Waals surface area contributed by atoms with E-state index in [9.17, 15) is 14.7 Å². The molecular formula is C29H42N2O6. The number of methoxy groups -OCH3 is 2. The minimum absolute atomic E-state index is 0.198. The zero-order valence-corrected chi connectivity index (χ0v) is 22.8. The average Bonchev–Trinajstić information content (AvgIpc) is 2.90. The van der Waals surface area contributed by atoms with Crippen LogP contribution in [0.3, 0.4) is 0 Å². The summed E-state index contributed by atoms with van der Waals surface area (Å²) in [6.45, 7) is 6.68. The molecule has 0 saturated heterocycles. The first kappa shape index (κ1) is 29.8. The molecule has 0 aliphatic heterocycles. The number of ether oxygens (including phenoxy) is 3. The number of amides is 2. The number of hydrogen-bond donors (Lipinski definition) is 2. The van der Waals surface area contributed by atoms with Gasteiger partial charge in [-0.1, -0.05) is 51.7 Å². The van der Waals surface area contributed by atoms with Gasteiger partial charge < -0.3 is 29.5 Å². The summed E-state index contributed by atoms with van der Waals surface area (Å²) in [5, 5.41) is 12.5. The zero-order chi connectivity index (χ0) is 27.3. The number of rotatable bonds is 16. The molecule has 2 rings (SSSR count). The number of carboxylic acid groups (broad SMARTS) is 1. The van der Waals surface area contributed by atoms with Crippen molar-refractivity contribution in [2.45, 2.75) is 71.3 Å². The van der Waals surface area contributed by atoms with E-state index in [0.717, 1.165) is 24.8 Å². The van der Waals surface area contributed by atoms with E-state index in [-0.39, 0.29) is 6.03 Å². The third kappa shape index (κ3) is 9.19. The van der Waals surface area contributed by atoms with Crippen LogP contribution in [0.5, 0.6) is 17.2 Å². The first-order chi connectivity index (χ1) is 17.8. The van der Waals surface area contributed by atoms with Crippen LogP contribution in [0.25, 0.3) is 0 Å². The molecule has 0 aliphatic rings. The molecule has 0 heterocycles. The van der Waals surface area contributed by atoms with Gasteiger partial charge in [0.25, 0.3) is 0 Å². The number of benzene rings is 2. The summed E-state index contributed by atoms with van der Waals surface area (Å²) in [6.07, 6.45) is 6.44. The highest BCUT2D eigenvalue weighted by atomic mass is 16.5. The number of carbonyl (C=O) groups is 2. The normalized spacial score (nSPS) is 12.4. The number of anilines is 1. The van der Waals surface area contributed by atoms with Crippen molar-refractivity contribution in [2.24, 2.45) is 0 Å². The van der Waals surface area contributed by atoms with Gasteiger partial charge in [0.2, 0.25) is 5.60 Å². The molecule has 0 aromatic heterocycles. The third-order valence-electron chi connectivity index (χ3n) is 6.51. The van der Waals surface area contributed by atoms with E-state index in [1.165, 1.54) is 12.8 Å². The van der Waals surface area contributed by atoms with Crippen molar-refractivity contribution in [3.8, 4) is 17.2 Å². The Morgan fingerprint density at radius 3 is 2.35 bits per heavy atom. The maximum Gasteiger partial charge on any atom is 0.347 e. The highest BCUT2D eigenvalue weighted by Gasteiger charge is 2.33. The highest BCUT2D eigenvalue weighted by Crippen LogP contribution is 2.29. The first-order valence-electron chi connectivity index (χ1n) is 13.1. The predicted octanol–water partition coefficient (Wildman–Crippen LogP) is 6.38. The van der Waals surface area contributed by atoms with Gasteiger partial charge in [0.05, 0.1) is 19.9 Å². The van der Waals surface area contributed by atoms with Crippen LogP contribution in [0, 0.1) is 0 Å². The molecule has 0 fully saturated rings. The van der Waals surface area contributed by atoms with Gasteiger partial charge in [-0.3, -0.25) is 0 Å². The molecule has 204 valence electrons.